The lowest BCUT2D eigenvalue weighted by Crippen LogP contribution is -2.45. The van der Waals surface area contributed by atoms with Crippen LogP contribution >= 0.6 is 0 Å². The van der Waals surface area contributed by atoms with Crippen molar-refractivity contribution in [2.45, 2.75) is 32.9 Å². The Morgan fingerprint density at radius 1 is 1.25 bits per heavy atom. The second-order valence-electron chi connectivity index (χ2n) is 5.17. The molecule has 0 aliphatic heterocycles. The van der Waals surface area contributed by atoms with Crippen molar-refractivity contribution in [2.24, 2.45) is 17.4 Å². The van der Waals surface area contributed by atoms with Crippen molar-refractivity contribution in [1.29, 1.82) is 0 Å². The molecule has 0 saturated carbocycles. The standard InChI is InChI=1S/C15H23N3O2/c1-4-10(2)13(16)15(20)18(3)9-11-5-7-12(8-6-11)14(17)19/h5-8,10,13H,4,9,16H2,1-3H3,(H2,17,19). The number of carbonyl (C=O) groups is 2. The number of amides is 2. The lowest BCUT2D eigenvalue weighted by Gasteiger charge is -2.24. The van der Waals surface area contributed by atoms with Crippen LogP contribution in [-0.2, 0) is 11.3 Å². The summed E-state index contributed by atoms with van der Waals surface area (Å²) in [6.45, 7) is 4.44. The summed E-state index contributed by atoms with van der Waals surface area (Å²) in [6.07, 6.45) is 0.869. The van der Waals surface area contributed by atoms with Gasteiger partial charge in [-0.25, -0.2) is 0 Å². The molecule has 0 spiro atoms. The van der Waals surface area contributed by atoms with Crippen LogP contribution in [0.3, 0.4) is 0 Å². The predicted octanol–water partition coefficient (Wildman–Crippen LogP) is 1.12. The Kier molecular flexibility index (Phi) is 5.70. The van der Waals surface area contributed by atoms with Crippen LogP contribution in [0, 0.1) is 5.92 Å². The third kappa shape index (κ3) is 4.06. The van der Waals surface area contributed by atoms with Crippen LogP contribution in [0.5, 0.6) is 0 Å². The highest BCUT2D eigenvalue weighted by molar-refractivity contribution is 5.92. The van der Waals surface area contributed by atoms with Gasteiger partial charge in [0.25, 0.3) is 0 Å². The highest BCUT2D eigenvalue weighted by atomic mass is 16.2. The molecule has 0 radical (unpaired) electrons. The summed E-state index contributed by atoms with van der Waals surface area (Å²) >= 11 is 0. The van der Waals surface area contributed by atoms with E-state index in [9.17, 15) is 9.59 Å². The van der Waals surface area contributed by atoms with E-state index in [0.29, 0.717) is 12.1 Å². The second-order valence-corrected chi connectivity index (χ2v) is 5.17. The van der Waals surface area contributed by atoms with E-state index >= 15 is 0 Å². The minimum absolute atomic E-state index is 0.0710. The topological polar surface area (TPSA) is 89.4 Å². The van der Waals surface area contributed by atoms with Gasteiger partial charge in [0.05, 0.1) is 6.04 Å². The van der Waals surface area contributed by atoms with Gasteiger partial charge in [-0.1, -0.05) is 32.4 Å². The number of nitrogens with two attached hydrogens (primary N) is 2. The highest BCUT2D eigenvalue weighted by Gasteiger charge is 2.22. The number of carbonyl (C=O) groups excluding carboxylic acids is 2. The highest BCUT2D eigenvalue weighted by Crippen LogP contribution is 2.11. The molecule has 2 unspecified atom stereocenters. The Balaban J connectivity index is 2.68. The second kappa shape index (κ2) is 7.05. The molecule has 0 bridgehead atoms. The summed E-state index contributed by atoms with van der Waals surface area (Å²) in [5.41, 5.74) is 12.5. The van der Waals surface area contributed by atoms with E-state index in [1.165, 1.54) is 0 Å². The zero-order valence-electron chi connectivity index (χ0n) is 12.3. The van der Waals surface area contributed by atoms with Crippen molar-refractivity contribution in [3.8, 4) is 0 Å². The fraction of sp³-hybridized carbons (Fsp3) is 0.467. The summed E-state index contributed by atoms with van der Waals surface area (Å²) in [4.78, 5) is 24.7. The Morgan fingerprint density at radius 2 is 1.80 bits per heavy atom. The van der Waals surface area contributed by atoms with Crippen LogP contribution in [-0.4, -0.2) is 29.8 Å². The van der Waals surface area contributed by atoms with Gasteiger partial charge in [-0.3, -0.25) is 9.59 Å². The van der Waals surface area contributed by atoms with Gasteiger partial charge < -0.3 is 16.4 Å². The lowest BCUT2D eigenvalue weighted by molar-refractivity contribution is -0.132. The minimum atomic E-state index is -0.477. The van der Waals surface area contributed by atoms with Crippen LogP contribution < -0.4 is 11.5 Å². The third-order valence-electron chi connectivity index (χ3n) is 3.58. The zero-order chi connectivity index (χ0) is 15.3. The van der Waals surface area contributed by atoms with Gasteiger partial charge in [-0.05, 0) is 23.6 Å². The van der Waals surface area contributed by atoms with E-state index in [-0.39, 0.29) is 11.8 Å². The number of nitrogens with zero attached hydrogens (tertiary/aromatic N) is 1. The number of likely N-dealkylation sites (N-methyl/N-ethyl adjacent to an activating group) is 1. The molecule has 20 heavy (non-hydrogen) atoms. The molecule has 0 aromatic heterocycles. The van der Waals surface area contributed by atoms with Crippen molar-refractivity contribution in [3.05, 3.63) is 35.4 Å². The maximum absolute atomic E-state index is 12.1. The normalized spacial score (nSPS) is 13.6. The number of hydrogen-bond acceptors (Lipinski definition) is 3. The molecule has 0 aliphatic rings. The van der Waals surface area contributed by atoms with Crippen LogP contribution in [0.15, 0.2) is 24.3 Å². The van der Waals surface area contributed by atoms with E-state index in [2.05, 4.69) is 0 Å². The fourth-order valence-corrected chi connectivity index (χ4v) is 1.88. The van der Waals surface area contributed by atoms with Gasteiger partial charge in [0, 0.05) is 19.2 Å². The summed E-state index contributed by atoms with van der Waals surface area (Å²) in [5.74, 6) is -0.375. The lowest BCUT2D eigenvalue weighted by atomic mass is 9.99. The smallest absolute Gasteiger partial charge is 0.248 e. The van der Waals surface area contributed by atoms with Crippen LogP contribution in [0.25, 0.3) is 0 Å². The largest absolute Gasteiger partial charge is 0.366 e. The predicted molar refractivity (Wildman–Crippen MR) is 78.9 cm³/mol. The van der Waals surface area contributed by atoms with Gasteiger partial charge in [-0.2, -0.15) is 0 Å². The van der Waals surface area contributed by atoms with Crippen molar-refractivity contribution in [2.75, 3.05) is 7.05 Å². The molecule has 5 nitrogen and oxygen atoms in total. The molecule has 1 rings (SSSR count). The van der Waals surface area contributed by atoms with Crippen LogP contribution in [0.2, 0.25) is 0 Å². The van der Waals surface area contributed by atoms with Gasteiger partial charge in [0.15, 0.2) is 0 Å². The van der Waals surface area contributed by atoms with Gasteiger partial charge in [0.1, 0.15) is 0 Å². The van der Waals surface area contributed by atoms with Gasteiger partial charge >= 0.3 is 0 Å². The Hall–Kier alpha value is -1.88. The number of rotatable bonds is 6. The maximum atomic E-state index is 12.1. The van der Waals surface area contributed by atoms with Gasteiger partial charge in [-0.15, -0.1) is 0 Å². The molecule has 0 saturated heterocycles. The first-order valence-corrected chi connectivity index (χ1v) is 6.76. The Labute approximate surface area is 119 Å². The molecule has 5 heteroatoms. The fourth-order valence-electron chi connectivity index (χ4n) is 1.88. The van der Waals surface area contributed by atoms with Crippen molar-refractivity contribution < 1.29 is 9.59 Å². The maximum Gasteiger partial charge on any atom is 0.248 e. The molecule has 2 atom stereocenters. The van der Waals surface area contributed by atoms with Crippen molar-refractivity contribution in [3.63, 3.8) is 0 Å². The summed E-state index contributed by atoms with van der Waals surface area (Å²) in [6, 6.07) is 6.42. The molecule has 1 aromatic rings. The molecule has 0 aliphatic carbocycles. The van der Waals surface area contributed by atoms with E-state index < -0.39 is 11.9 Å². The molecule has 2 amide bonds. The number of benzene rings is 1. The first-order chi connectivity index (χ1) is 9.36. The summed E-state index contributed by atoms with van der Waals surface area (Å²) in [7, 11) is 1.73. The van der Waals surface area contributed by atoms with Crippen LogP contribution in [0.4, 0.5) is 0 Å². The minimum Gasteiger partial charge on any atom is -0.366 e. The first kappa shape index (κ1) is 16.2. The molecular formula is C15H23N3O2. The average Bonchev–Trinajstić information content (AvgIpc) is 2.45. The van der Waals surface area contributed by atoms with E-state index in [4.69, 9.17) is 11.5 Å². The SMILES string of the molecule is CCC(C)C(N)C(=O)N(C)Cc1ccc(C(N)=O)cc1. The van der Waals surface area contributed by atoms with E-state index in [1.807, 2.05) is 13.8 Å². The third-order valence-corrected chi connectivity index (χ3v) is 3.58. The molecule has 110 valence electrons. The molecule has 4 N–H and O–H groups in total. The number of primary amides is 1. The Bertz CT molecular complexity index is 471. The molecule has 0 heterocycles. The average molecular weight is 277 g/mol. The quantitative estimate of drug-likeness (QED) is 0.816. The van der Waals surface area contributed by atoms with E-state index in [0.717, 1.165) is 12.0 Å². The summed E-state index contributed by atoms with van der Waals surface area (Å²) < 4.78 is 0. The molecule has 1 aromatic carbocycles. The van der Waals surface area contributed by atoms with Crippen LogP contribution in [0.1, 0.15) is 36.2 Å². The molecular weight excluding hydrogens is 254 g/mol. The zero-order valence-corrected chi connectivity index (χ0v) is 12.3. The van der Waals surface area contributed by atoms with E-state index in [1.54, 1.807) is 36.2 Å². The van der Waals surface area contributed by atoms with Crippen molar-refractivity contribution >= 4 is 11.8 Å². The number of hydrogen-bond donors (Lipinski definition) is 2. The monoisotopic (exact) mass is 277 g/mol. The summed E-state index contributed by atoms with van der Waals surface area (Å²) in [5, 5.41) is 0. The van der Waals surface area contributed by atoms with Crippen molar-refractivity contribution in [1.82, 2.24) is 4.90 Å². The van der Waals surface area contributed by atoms with Gasteiger partial charge in [0.2, 0.25) is 11.8 Å². The Morgan fingerprint density at radius 3 is 2.25 bits per heavy atom. The first-order valence-electron chi connectivity index (χ1n) is 6.76. The molecule has 0 fully saturated rings.